The molecule has 3 nitrogen and oxygen atoms in total. The third-order valence-electron chi connectivity index (χ3n) is 3.02. The van der Waals surface area contributed by atoms with Crippen molar-refractivity contribution in [1.29, 1.82) is 0 Å². The Morgan fingerprint density at radius 1 is 1.06 bits per heavy atom. The van der Waals surface area contributed by atoms with Crippen molar-refractivity contribution < 1.29 is 0 Å². The number of hydrogen-bond donors (Lipinski definition) is 2. The molecule has 0 unspecified atom stereocenters. The van der Waals surface area contributed by atoms with Crippen LogP contribution in [0.5, 0.6) is 0 Å². The van der Waals surface area contributed by atoms with Crippen LogP contribution in [0.2, 0.25) is 0 Å². The maximum atomic E-state index is 4.45. The molecule has 0 spiro atoms. The molecule has 0 saturated heterocycles. The zero-order valence-corrected chi connectivity index (χ0v) is 10.1. The molecule has 2 aromatic heterocycles. The van der Waals surface area contributed by atoms with Gasteiger partial charge in [-0.1, -0.05) is 24.3 Å². The van der Waals surface area contributed by atoms with Crippen LogP contribution in [0.3, 0.4) is 0 Å². The SMILES string of the molecule is c1cnc2c(CNCc3cc[nH]c3)cccc2c1. The van der Waals surface area contributed by atoms with Gasteiger partial charge in [0.25, 0.3) is 0 Å². The second-order valence-electron chi connectivity index (χ2n) is 4.32. The van der Waals surface area contributed by atoms with Gasteiger partial charge in [-0.05, 0) is 23.3 Å². The van der Waals surface area contributed by atoms with Crippen molar-refractivity contribution in [2.45, 2.75) is 13.1 Å². The number of nitrogens with one attached hydrogen (secondary N) is 2. The lowest BCUT2D eigenvalue weighted by molar-refractivity contribution is 0.696. The van der Waals surface area contributed by atoms with E-state index in [2.05, 4.69) is 45.6 Å². The molecular weight excluding hydrogens is 222 g/mol. The molecule has 0 aliphatic carbocycles. The number of rotatable bonds is 4. The molecule has 0 atom stereocenters. The Morgan fingerprint density at radius 2 is 2.00 bits per heavy atom. The molecule has 0 amide bonds. The molecule has 18 heavy (non-hydrogen) atoms. The molecule has 0 aliphatic rings. The number of hydrogen-bond acceptors (Lipinski definition) is 2. The molecule has 0 radical (unpaired) electrons. The number of benzene rings is 1. The molecule has 1 aromatic carbocycles. The predicted octanol–water partition coefficient (Wildman–Crippen LogP) is 2.85. The first-order chi connectivity index (χ1) is 8.93. The summed E-state index contributed by atoms with van der Waals surface area (Å²) in [5.41, 5.74) is 3.59. The zero-order valence-electron chi connectivity index (χ0n) is 10.1. The fourth-order valence-electron chi connectivity index (χ4n) is 2.12. The highest BCUT2D eigenvalue weighted by molar-refractivity contribution is 5.81. The van der Waals surface area contributed by atoms with E-state index in [1.54, 1.807) is 0 Å². The van der Waals surface area contributed by atoms with Gasteiger partial charge in [-0.3, -0.25) is 4.98 Å². The highest BCUT2D eigenvalue weighted by Crippen LogP contribution is 2.15. The first-order valence-electron chi connectivity index (χ1n) is 6.08. The van der Waals surface area contributed by atoms with Gasteiger partial charge >= 0.3 is 0 Å². The summed E-state index contributed by atoms with van der Waals surface area (Å²) in [6, 6.07) is 12.4. The molecule has 0 bridgehead atoms. The first-order valence-corrected chi connectivity index (χ1v) is 6.08. The van der Waals surface area contributed by atoms with Crippen molar-refractivity contribution in [3.63, 3.8) is 0 Å². The summed E-state index contributed by atoms with van der Waals surface area (Å²) in [5.74, 6) is 0. The van der Waals surface area contributed by atoms with Crippen LogP contribution < -0.4 is 5.32 Å². The van der Waals surface area contributed by atoms with Crippen molar-refractivity contribution in [1.82, 2.24) is 15.3 Å². The van der Waals surface area contributed by atoms with E-state index >= 15 is 0 Å². The molecule has 0 fully saturated rings. The molecule has 90 valence electrons. The lowest BCUT2D eigenvalue weighted by Crippen LogP contribution is -2.12. The topological polar surface area (TPSA) is 40.7 Å². The van der Waals surface area contributed by atoms with Crippen molar-refractivity contribution in [2.24, 2.45) is 0 Å². The number of nitrogens with zero attached hydrogens (tertiary/aromatic N) is 1. The summed E-state index contributed by atoms with van der Waals surface area (Å²) in [7, 11) is 0. The lowest BCUT2D eigenvalue weighted by atomic mass is 10.1. The predicted molar refractivity (Wildman–Crippen MR) is 73.1 cm³/mol. The number of aromatic nitrogens is 2. The van der Waals surface area contributed by atoms with Gasteiger partial charge in [0.1, 0.15) is 0 Å². The molecule has 3 heteroatoms. The Hall–Kier alpha value is -2.13. The number of fused-ring (bicyclic) bond motifs is 1. The van der Waals surface area contributed by atoms with Crippen molar-refractivity contribution in [3.05, 3.63) is 66.1 Å². The van der Waals surface area contributed by atoms with Crippen LogP contribution in [0.4, 0.5) is 0 Å². The highest BCUT2D eigenvalue weighted by atomic mass is 14.9. The van der Waals surface area contributed by atoms with Gasteiger partial charge in [-0.2, -0.15) is 0 Å². The molecule has 2 heterocycles. The molecule has 2 N–H and O–H groups in total. The standard InChI is InChI=1S/C15H15N3/c1-3-13-5-2-7-18-15(13)14(4-1)11-17-10-12-6-8-16-9-12/h1-9,16-17H,10-11H2. The van der Waals surface area contributed by atoms with Gasteiger partial charge in [-0.15, -0.1) is 0 Å². The van der Waals surface area contributed by atoms with Gasteiger partial charge in [0, 0.05) is 37.1 Å². The van der Waals surface area contributed by atoms with E-state index in [1.807, 2.05) is 24.7 Å². The number of aromatic amines is 1. The number of H-pyrrole nitrogens is 1. The highest BCUT2D eigenvalue weighted by Gasteiger charge is 2.01. The third kappa shape index (κ3) is 2.26. The Morgan fingerprint density at radius 3 is 2.89 bits per heavy atom. The average Bonchev–Trinajstić information content (AvgIpc) is 2.92. The summed E-state index contributed by atoms with van der Waals surface area (Å²) < 4.78 is 0. The third-order valence-corrected chi connectivity index (χ3v) is 3.02. The monoisotopic (exact) mass is 237 g/mol. The summed E-state index contributed by atoms with van der Waals surface area (Å²) in [6.07, 6.45) is 5.79. The van der Waals surface area contributed by atoms with Gasteiger partial charge in [-0.25, -0.2) is 0 Å². The summed E-state index contributed by atoms with van der Waals surface area (Å²) in [5, 5.41) is 4.63. The summed E-state index contributed by atoms with van der Waals surface area (Å²) in [6.45, 7) is 1.70. The second-order valence-corrected chi connectivity index (χ2v) is 4.32. The van der Waals surface area contributed by atoms with Crippen LogP contribution in [-0.4, -0.2) is 9.97 Å². The van der Waals surface area contributed by atoms with Crippen LogP contribution in [-0.2, 0) is 13.1 Å². The second kappa shape index (κ2) is 5.02. The summed E-state index contributed by atoms with van der Waals surface area (Å²) >= 11 is 0. The largest absolute Gasteiger partial charge is 0.367 e. The molecule has 3 aromatic rings. The van der Waals surface area contributed by atoms with Crippen LogP contribution >= 0.6 is 0 Å². The van der Waals surface area contributed by atoms with Gasteiger partial charge < -0.3 is 10.3 Å². The van der Waals surface area contributed by atoms with Crippen LogP contribution in [0.25, 0.3) is 10.9 Å². The fraction of sp³-hybridized carbons (Fsp3) is 0.133. The van der Waals surface area contributed by atoms with E-state index < -0.39 is 0 Å². The van der Waals surface area contributed by atoms with E-state index in [9.17, 15) is 0 Å². The molecule has 0 saturated carbocycles. The average molecular weight is 237 g/mol. The van der Waals surface area contributed by atoms with E-state index in [0.29, 0.717) is 0 Å². The lowest BCUT2D eigenvalue weighted by Gasteiger charge is -2.06. The Bertz CT molecular complexity index is 624. The van der Waals surface area contributed by atoms with Gasteiger partial charge in [0.15, 0.2) is 0 Å². The van der Waals surface area contributed by atoms with Gasteiger partial charge in [0.2, 0.25) is 0 Å². The first kappa shape index (κ1) is 11.0. The quantitative estimate of drug-likeness (QED) is 0.732. The minimum atomic E-state index is 0.833. The molecule has 3 rings (SSSR count). The van der Waals surface area contributed by atoms with Crippen molar-refractivity contribution in [3.8, 4) is 0 Å². The van der Waals surface area contributed by atoms with Gasteiger partial charge in [0.05, 0.1) is 5.52 Å². The van der Waals surface area contributed by atoms with Crippen LogP contribution in [0, 0.1) is 0 Å². The van der Waals surface area contributed by atoms with Crippen LogP contribution in [0.15, 0.2) is 55.0 Å². The Kier molecular flexibility index (Phi) is 3.07. The summed E-state index contributed by atoms with van der Waals surface area (Å²) in [4.78, 5) is 7.51. The van der Waals surface area contributed by atoms with E-state index in [0.717, 1.165) is 18.6 Å². The maximum absolute atomic E-state index is 4.45. The van der Waals surface area contributed by atoms with Crippen molar-refractivity contribution >= 4 is 10.9 Å². The van der Waals surface area contributed by atoms with E-state index in [-0.39, 0.29) is 0 Å². The Balaban J connectivity index is 1.74. The number of pyridine rings is 1. The zero-order chi connectivity index (χ0) is 12.2. The smallest absolute Gasteiger partial charge is 0.0746 e. The fourth-order valence-corrected chi connectivity index (χ4v) is 2.12. The van der Waals surface area contributed by atoms with E-state index in [1.165, 1.54) is 16.5 Å². The maximum Gasteiger partial charge on any atom is 0.0746 e. The molecule has 0 aliphatic heterocycles. The molecular formula is C15H15N3. The minimum Gasteiger partial charge on any atom is -0.367 e. The minimum absolute atomic E-state index is 0.833. The number of para-hydroxylation sites is 1. The Labute approximate surface area is 106 Å². The van der Waals surface area contributed by atoms with Crippen LogP contribution in [0.1, 0.15) is 11.1 Å². The van der Waals surface area contributed by atoms with E-state index in [4.69, 9.17) is 0 Å². The van der Waals surface area contributed by atoms with Crippen molar-refractivity contribution in [2.75, 3.05) is 0 Å². The normalized spacial score (nSPS) is 10.9.